The second-order valence-electron chi connectivity index (χ2n) is 4.23. The lowest BCUT2D eigenvalue weighted by atomic mass is 10.1. The van der Waals surface area contributed by atoms with E-state index in [-0.39, 0.29) is 22.6 Å². The van der Waals surface area contributed by atoms with Gasteiger partial charge in [0.15, 0.2) is 0 Å². The van der Waals surface area contributed by atoms with Gasteiger partial charge in [0.1, 0.15) is 11.9 Å². The molecule has 2 aromatic carbocycles. The first-order valence-electron chi connectivity index (χ1n) is 5.74. The fourth-order valence-electron chi connectivity index (χ4n) is 1.75. The van der Waals surface area contributed by atoms with Crippen molar-refractivity contribution >= 4 is 17.1 Å². The van der Waals surface area contributed by atoms with E-state index in [1.165, 1.54) is 18.2 Å². The van der Waals surface area contributed by atoms with Crippen LogP contribution >= 0.6 is 0 Å². The number of nitrogens with zero attached hydrogens (tertiary/aromatic N) is 1. The summed E-state index contributed by atoms with van der Waals surface area (Å²) in [5, 5.41) is 11.2. The number of nitriles is 1. The number of alkyl halides is 3. The van der Waals surface area contributed by atoms with Crippen LogP contribution in [-0.4, -0.2) is 0 Å². The molecular weight excluding hydrogens is 286 g/mol. The summed E-state index contributed by atoms with van der Waals surface area (Å²) in [6.07, 6.45) is -4.59. The molecule has 0 fully saturated rings. The van der Waals surface area contributed by atoms with E-state index in [2.05, 4.69) is 5.32 Å². The van der Waals surface area contributed by atoms with Crippen molar-refractivity contribution < 1.29 is 17.6 Å². The van der Waals surface area contributed by atoms with Crippen LogP contribution in [0.5, 0.6) is 0 Å². The zero-order valence-electron chi connectivity index (χ0n) is 10.5. The Morgan fingerprint density at radius 1 is 1.10 bits per heavy atom. The van der Waals surface area contributed by atoms with Crippen LogP contribution in [0.4, 0.5) is 34.6 Å². The Morgan fingerprint density at radius 3 is 2.43 bits per heavy atom. The van der Waals surface area contributed by atoms with Crippen LogP contribution in [0.3, 0.4) is 0 Å². The number of nitrogens with one attached hydrogen (secondary N) is 1. The molecule has 3 N–H and O–H groups in total. The predicted octanol–water partition coefficient (Wildman–Crippen LogP) is 4.04. The highest BCUT2D eigenvalue weighted by Crippen LogP contribution is 2.37. The van der Waals surface area contributed by atoms with Crippen molar-refractivity contribution in [3.63, 3.8) is 0 Å². The lowest BCUT2D eigenvalue weighted by molar-refractivity contribution is -0.136. The van der Waals surface area contributed by atoms with E-state index in [4.69, 9.17) is 11.0 Å². The monoisotopic (exact) mass is 295 g/mol. The highest BCUT2D eigenvalue weighted by Gasteiger charge is 2.33. The van der Waals surface area contributed by atoms with Crippen molar-refractivity contribution in [1.82, 2.24) is 0 Å². The molecule has 0 aliphatic rings. The van der Waals surface area contributed by atoms with Gasteiger partial charge in [-0.3, -0.25) is 0 Å². The van der Waals surface area contributed by atoms with E-state index in [0.29, 0.717) is 0 Å². The van der Waals surface area contributed by atoms with Crippen LogP contribution in [0.1, 0.15) is 11.1 Å². The smallest absolute Gasteiger partial charge is 0.399 e. The minimum atomic E-state index is -4.59. The second kappa shape index (κ2) is 5.32. The maximum absolute atomic E-state index is 13.2. The summed E-state index contributed by atoms with van der Waals surface area (Å²) in [4.78, 5) is 0. The molecule has 0 aliphatic heterocycles. The summed E-state index contributed by atoms with van der Waals surface area (Å²) < 4.78 is 52.0. The molecule has 2 aromatic rings. The average Bonchev–Trinajstić information content (AvgIpc) is 2.41. The molecule has 0 bridgehead atoms. The molecule has 0 aliphatic carbocycles. The molecule has 0 spiro atoms. The van der Waals surface area contributed by atoms with E-state index in [0.717, 1.165) is 18.2 Å². The summed E-state index contributed by atoms with van der Waals surface area (Å²) in [6.45, 7) is 0. The third-order valence-corrected chi connectivity index (χ3v) is 2.71. The van der Waals surface area contributed by atoms with Gasteiger partial charge in [-0.1, -0.05) is 0 Å². The average molecular weight is 295 g/mol. The fourth-order valence-corrected chi connectivity index (χ4v) is 1.75. The molecule has 21 heavy (non-hydrogen) atoms. The standard InChI is InChI=1S/C14H9F4N3/c15-12-3-2-10(5-8(12)7-19)21-13-4-1-9(20)6-11(13)14(16,17)18/h1-6,21H,20H2. The number of hydrogen-bond donors (Lipinski definition) is 2. The topological polar surface area (TPSA) is 61.8 Å². The first kappa shape index (κ1) is 14.7. The molecule has 0 saturated carbocycles. The zero-order chi connectivity index (χ0) is 15.6. The molecule has 0 radical (unpaired) electrons. The highest BCUT2D eigenvalue weighted by molar-refractivity contribution is 5.67. The van der Waals surface area contributed by atoms with Crippen LogP contribution < -0.4 is 11.1 Å². The van der Waals surface area contributed by atoms with E-state index in [1.54, 1.807) is 6.07 Å². The summed E-state index contributed by atoms with van der Waals surface area (Å²) in [6, 6.07) is 8.29. The Bertz CT molecular complexity index is 717. The molecule has 0 heterocycles. The highest BCUT2D eigenvalue weighted by atomic mass is 19.4. The van der Waals surface area contributed by atoms with E-state index < -0.39 is 17.6 Å². The van der Waals surface area contributed by atoms with Crippen LogP contribution in [0, 0.1) is 17.1 Å². The lowest BCUT2D eigenvalue weighted by Gasteiger charge is -2.15. The zero-order valence-corrected chi connectivity index (χ0v) is 10.5. The molecule has 7 heteroatoms. The van der Waals surface area contributed by atoms with Crippen molar-refractivity contribution in [3.05, 3.63) is 53.3 Å². The van der Waals surface area contributed by atoms with Crippen LogP contribution in [0.25, 0.3) is 0 Å². The minimum absolute atomic E-state index is 0.0234. The third kappa shape index (κ3) is 3.23. The van der Waals surface area contributed by atoms with Crippen LogP contribution in [0.2, 0.25) is 0 Å². The Morgan fingerprint density at radius 2 is 1.81 bits per heavy atom. The number of nitrogens with two attached hydrogens (primary N) is 1. The van der Waals surface area contributed by atoms with Gasteiger partial charge in [0.2, 0.25) is 0 Å². The lowest BCUT2D eigenvalue weighted by Crippen LogP contribution is -2.09. The van der Waals surface area contributed by atoms with Crippen molar-refractivity contribution in [3.8, 4) is 6.07 Å². The Hall–Kier alpha value is -2.75. The largest absolute Gasteiger partial charge is 0.418 e. The molecule has 0 amide bonds. The van der Waals surface area contributed by atoms with E-state index >= 15 is 0 Å². The van der Waals surface area contributed by atoms with Gasteiger partial charge in [-0.15, -0.1) is 0 Å². The maximum Gasteiger partial charge on any atom is 0.418 e. The summed E-state index contributed by atoms with van der Waals surface area (Å²) >= 11 is 0. The van der Waals surface area contributed by atoms with E-state index in [9.17, 15) is 17.6 Å². The Balaban J connectivity index is 2.43. The molecule has 0 saturated heterocycles. The molecule has 108 valence electrons. The van der Waals surface area contributed by atoms with E-state index in [1.807, 2.05) is 0 Å². The number of halogens is 4. The maximum atomic E-state index is 13.2. The molecule has 2 rings (SSSR count). The third-order valence-electron chi connectivity index (χ3n) is 2.71. The number of hydrogen-bond acceptors (Lipinski definition) is 3. The van der Waals surface area contributed by atoms with Gasteiger partial charge in [0.25, 0.3) is 0 Å². The summed E-state index contributed by atoms with van der Waals surface area (Å²) in [5.74, 6) is -0.739. The van der Waals surface area contributed by atoms with Crippen LogP contribution in [-0.2, 0) is 6.18 Å². The number of rotatable bonds is 2. The SMILES string of the molecule is N#Cc1cc(Nc2ccc(N)cc2C(F)(F)F)ccc1F. The van der Waals surface area contributed by atoms with Crippen molar-refractivity contribution in [1.29, 1.82) is 5.26 Å². The van der Waals surface area contributed by atoms with Gasteiger partial charge in [-0.25, -0.2) is 4.39 Å². The molecular formula is C14H9F4N3. The van der Waals surface area contributed by atoms with Gasteiger partial charge < -0.3 is 11.1 Å². The van der Waals surface area contributed by atoms with Crippen molar-refractivity contribution in [2.75, 3.05) is 11.1 Å². The van der Waals surface area contributed by atoms with Gasteiger partial charge >= 0.3 is 6.18 Å². The van der Waals surface area contributed by atoms with Crippen molar-refractivity contribution in [2.45, 2.75) is 6.18 Å². The first-order valence-corrected chi connectivity index (χ1v) is 5.74. The Labute approximate surface area is 117 Å². The predicted molar refractivity (Wildman–Crippen MR) is 70.3 cm³/mol. The van der Waals surface area contributed by atoms with Gasteiger partial charge in [0.05, 0.1) is 16.8 Å². The summed E-state index contributed by atoms with van der Waals surface area (Å²) in [5.41, 5.74) is 4.08. The summed E-state index contributed by atoms with van der Waals surface area (Å²) in [7, 11) is 0. The van der Waals surface area contributed by atoms with Crippen LogP contribution in [0.15, 0.2) is 36.4 Å². The minimum Gasteiger partial charge on any atom is -0.399 e. The molecule has 0 unspecified atom stereocenters. The molecule has 3 nitrogen and oxygen atoms in total. The van der Waals surface area contributed by atoms with Gasteiger partial charge in [-0.05, 0) is 36.4 Å². The Kier molecular flexibility index (Phi) is 3.72. The van der Waals surface area contributed by atoms with Gasteiger partial charge in [-0.2, -0.15) is 18.4 Å². The quantitative estimate of drug-likeness (QED) is 0.649. The van der Waals surface area contributed by atoms with Gasteiger partial charge in [0, 0.05) is 11.4 Å². The van der Waals surface area contributed by atoms with Crippen molar-refractivity contribution in [2.24, 2.45) is 0 Å². The second-order valence-corrected chi connectivity index (χ2v) is 4.23. The molecule has 0 aromatic heterocycles. The number of anilines is 3. The normalized spacial score (nSPS) is 11.0. The number of nitrogen functional groups attached to an aromatic ring is 1. The fraction of sp³-hybridized carbons (Fsp3) is 0.0714. The molecule has 0 atom stereocenters. The number of benzene rings is 2. The first-order chi connectivity index (χ1) is 9.81.